The van der Waals surface area contributed by atoms with Gasteiger partial charge in [0.05, 0.1) is 5.02 Å². The van der Waals surface area contributed by atoms with Crippen LogP contribution in [0.15, 0.2) is 18.2 Å². The summed E-state index contributed by atoms with van der Waals surface area (Å²) in [5.41, 5.74) is 1.71. The van der Waals surface area contributed by atoms with Gasteiger partial charge in [-0.2, -0.15) is 0 Å². The van der Waals surface area contributed by atoms with Gasteiger partial charge in [-0.3, -0.25) is 4.79 Å². The number of carbonyl (C=O) groups excluding carboxylic acids is 1. The number of aldehydes is 1. The summed E-state index contributed by atoms with van der Waals surface area (Å²) in [4.78, 5) is 13.0. The van der Waals surface area contributed by atoms with Crippen molar-refractivity contribution < 1.29 is 4.79 Å². The second-order valence-electron chi connectivity index (χ2n) is 4.22. The van der Waals surface area contributed by atoms with Crippen molar-refractivity contribution in [1.82, 2.24) is 0 Å². The van der Waals surface area contributed by atoms with Crippen LogP contribution < -0.4 is 4.90 Å². The predicted octanol–water partition coefficient (Wildman–Crippen LogP) is 3.53. The molecule has 0 spiro atoms. The molecule has 2 nitrogen and oxygen atoms in total. The van der Waals surface area contributed by atoms with Crippen LogP contribution in [-0.2, 0) is 0 Å². The summed E-state index contributed by atoms with van der Waals surface area (Å²) in [5, 5.41) is 0.553. The van der Waals surface area contributed by atoms with E-state index < -0.39 is 0 Å². The number of carbonyl (C=O) groups is 1. The number of rotatable bonds is 2. The molecule has 86 valence electrons. The number of nitrogens with zero attached hydrogens (tertiary/aromatic N) is 1. The molecule has 1 aromatic rings. The van der Waals surface area contributed by atoms with Gasteiger partial charge in [-0.25, -0.2) is 0 Å². The standard InChI is InChI=1S/C13H16ClNO/c14-13-9-12(6-5-11(13)10-16)15-7-3-1-2-4-8-15/h5-6,9-10H,1-4,7-8H2. The Morgan fingerprint density at radius 2 is 1.81 bits per heavy atom. The van der Waals surface area contributed by atoms with Gasteiger partial charge in [-0.15, -0.1) is 0 Å². The van der Waals surface area contributed by atoms with Gasteiger partial charge in [0.2, 0.25) is 0 Å². The number of halogens is 1. The highest BCUT2D eigenvalue weighted by atomic mass is 35.5. The van der Waals surface area contributed by atoms with Crippen LogP contribution in [0.25, 0.3) is 0 Å². The fourth-order valence-electron chi connectivity index (χ4n) is 2.14. The molecule has 0 aromatic heterocycles. The zero-order valence-corrected chi connectivity index (χ0v) is 10.0. The highest BCUT2D eigenvalue weighted by Crippen LogP contribution is 2.24. The van der Waals surface area contributed by atoms with Gasteiger partial charge in [0, 0.05) is 24.3 Å². The van der Waals surface area contributed by atoms with E-state index in [1.54, 1.807) is 6.07 Å². The summed E-state index contributed by atoms with van der Waals surface area (Å²) in [6, 6.07) is 5.69. The smallest absolute Gasteiger partial charge is 0.151 e. The molecule has 0 unspecified atom stereocenters. The Balaban J connectivity index is 2.19. The molecule has 0 atom stereocenters. The third-order valence-electron chi connectivity index (χ3n) is 3.08. The number of benzene rings is 1. The third kappa shape index (κ3) is 2.56. The number of anilines is 1. The molecule has 0 N–H and O–H groups in total. The Hall–Kier alpha value is -1.02. The highest BCUT2D eigenvalue weighted by Gasteiger charge is 2.11. The maximum absolute atomic E-state index is 10.7. The summed E-state index contributed by atoms with van der Waals surface area (Å²) in [5.74, 6) is 0. The van der Waals surface area contributed by atoms with Crippen LogP contribution >= 0.6 is 11.6 Å². The van der Waals surface area contributed by atoms with Gasteiger partial charge >= 0.3 is 0 Å². The maximum Gasteiger partial charge on any atom is 0.151 e. The minimum atomic E-state index is 0.553. The molecule has 0 aliphatic carbocycles. The van der Waals surface area contributed by atoms with Crippen LogP contribution in [0.5, 0.6) is 0 Å². The molecule has 1 fully saturated rings. The van der Waals surface area contributed by atoms with E-state index >= 15 is 0 Å². The molecule has 0 radical (unpaired) electrons. The van der Waals surface area contributed by atoms with Crippen molar-refractivity contribution in [3.8, 4) is 0 Å². The zero-order valence-electron chi connectivity index (χ0n) is 9.29. The number of hydrogen-bond acceptors (Lipinski definition) is 2. The fourth-order valence-corrected chi connectivity index (χ4v) is 2.36. The average molecular weight is 238 g/mol. The molecular formula is C13H16ClNO. The lowest BCUT2D eigenvalue weighted by atomic mass is 10.2. The largest absolute Gasteiger partial charge is 0.371 e. The van der Waals surface area contributed by atoms with Crippen LogP contribution in [0.3, 0.4) is 0 Å². The van der Waals surface area contributed by atoms with Crippen molar-refractivity contribution in [2.75, 3.05) is 18.0 Å². The monoisotopic (exact) mass is 237 g/mol. The van der Waals surface area contributed by atoms with Gasteiger partial charge < -0.3 is 4.90 Å². The van der Waals surface area contributed by atoms with Crippen LogP contribution in [0.4, 0.5) is 5.69 Å². The Kier molecular flexibility index (Phi) is 3.83. The number of hydrogen-bond donors (Lipinski definition) is 0. The van der Waals surface area contributed by atoms with Gasteiger partial charge in [-0.05, 0) is 31.0 Å². The normalized spacial score (nSPS) is 16.9. The molecule has 1 aliphatic heterocycles. The first-order valence-corrected chi connectivity index (χ1v) is 6.19. The average Bonchev–Trinajstić information content (AvgIpc) is 2.57. The van der Waals surface area contributed by atoms with Gasteiger partial charge in [-0.1, -0.05) is 24.4 Å². The van der Waals surface area contributed by atoms with E-state index in [4.69, 9.17) is 11.6 Å². The van der Waals surface area contributed by atoms with E-state index in [1.165, 1.54) is 25.7 Å². The molecule has 3 heteroatoms. The summed E-state index contributed by atoms with van der Waals surface area (Å²) >= 11 is 6.03. The van der Waals surface area contributed by atoms with Gasteiger partial charge in [0.15, 0.2) is 6.29 Å². The second kappa shape index (κ2) is 5.35. The minimum Gasteiger partial charge on any atom is -0.371 e. The minimum absolute atomic E-state index is 0.553. The quantitative estimate of drug-likeness (QED) is 0.734. The highest BCUT2D eigenvalue weighted by molar-refractivity contribution is 6.33. The lowest BCUT2D eigenvalue weighted by Gasteiger charge is -2.22. The summed E-state index contributed by atoms with van der Waals surface area (Å²) in [6.45, 7) is 2.19. The summed E-state index contributed by atoms with van der Waals surface area (Å²) in [6.07, 6.45) is 5.92. The molecule has 0 bridgehead atoms. The van der Waals surface area contributed by atoms with E-state index in [2.05, 4.69) is 4.90 Å². The van der Waals surface area contributed by atoms with Crippen LogP contribution in [0.1, 0.15) is 36.0 Å². The predicted molar refractivity (Wildman–Crippen MR) is 67.5 cm³/mol. The Morgan fingerprint density at radius 3 is 2.38 bits per heavy atom. The molecule has 16 heavy (non-hydrogen) atoms. The molecule has 1 saturated heterocycles. The molecule has 1 heterocycles. The van der Waals surface area contributed by atoms with Crippen molar-refractivity contribution in [3.05, 3.63) is 28.8 Å². The summed E-state index contributed by atoms with van der Waals surface area (Å²) in [7, 11) is 0. The third-order valence-corrected chi connectivity index (χ3v) is 3.41. The van der Waals surface area contributed by atoms with Crippen molar-refractivity contribution >= 4 is 23.6 Å². The van der Waals surface area contributed by atoms with Crippen LogP contribution in [0.2, 0.25) is 5.02 Å². The molecule has 0 amide bonds. The maximum atomic E-state index is 10.7. The molecule has 1 aliphatic rings. The first-order chi connectivity index (χ1) is 7.81. The van der Waals surface area contributed by atoms with E-state index in [0.29, 0.717) is 10.6 Å². The topological polar surface area (TPSA) is 20.3 Å². The van der Waals surface area contributed by atoms with E-state index in [9.17, 15) is 4.79 Å². The van der Waals surface area contributed by atoms with E-state index in [0.717, 1.165) is 25.1 Å². The molecular weight excluding hydrogens is 222 g/mol. The van der Waals surface area contributed by atoms with E-state index in [-0.39, 0.29) is 0 Å². The van der Waals surface area contributed by atoms with Crippen molar-refractivity contribution in [2.45, 2.75) is 25.7 Å². The van der Waals surface area contributed by atoms with E-state index in [1.807, 2.05) is 12.1 Å². The van der Waals surface area contributed by atoms with Crippen molar-refractivity contribution in [2.24, 2.45) is 0 Å². The van der Waals surface area contributed by atoms with Crippen LogP contribution in [-0.4, -0.2) is 19.4 Å². The first-order valence-electron chi connectivity index (χ1n) is 5.81. The van der Waals surface area contributed by atoms with Gasteiger partial charge in [0.25, 0.3) is 0 Å². The molecule has 1 aromatic carbocycles. The molecule has 2 rings (SSSR count). The lowest BCUT2D eigenvalue weighted by Crippen LogP contribution is -2.23. The Labute approximate surface area is 101 Å². The SMILES string of the molecule is O=Cc1ccc(N2CCCCCC2)cc1Cl. The second-order valence-corrected chi connectivity index (χ2v) is 4.63. The zero-order chi connectivity index (χ0) is 11.4. The van der Waals surface area contributed by atoms with Crippen molar-refractivity contribution in [3.63, 3.8) is 0 Å². The Bertz CT molecular complexity index is 370. The first kappa shape index (κ1) is 11.5. The Morgan fingerprint density at radius 1 is 1.12 bits per heavy atom. The fraction of sp³-hybridized carbons (Fsp3) is 0.462. The lowest BCUT2D eigenvalue weighted by molar-refractivity contribution is 0.112. The summed E-state index contributed by atoms with van der Waals surface area (Å²) < 4.78 is 0. The van der Waals surface area contributed by atoms with Gasteiger partial charge in [0.1, 0.15) is 0 Å². The van der Waals surface area contributed by atoms with Crippen LogP contribution in [0, 0.1) is 0 Å². The molecule has 0 saturated carbocycles. The van der Waals surface area contributed by atoms with Crippen molar-refractivity contribution in [1.29, 1.82) is 0 Å².